The summed E-state index contributed by atoms with van der Waals surface area (Å²) in [5, 5.41) is 18.8. The zero-order chi connectivity index (χ0) is 30.1. The lowest BCUT2D eigenvalue weighted by Gasteiger charge is -2.29. The number of methoxy groups -OCH3 is 2. The number of carbonyl (C=O) groups is 1. The number of hydrogen-bond acceptors (Lipinski definition) is 7. The topological polar surface area (TPSA) is 124 Å². The first-order chi connectivity index (χ1) is 20.1. The van der Waals surface area contributed by atoms with Crippen molar-refractivity contribution in [3.05, 3.63) is 99.6 Å². The summed E-state index contributed by atoms with van der Waals surface area (Å²) in [6.45, 7) is 5.27. The SMILES string of the molecule is COc1ccc(-n2c(C)cc([C@@H]3[C@H](c4ccccn4)NC(=S)N3c3ccc(OC)c(NC(C)=O)c3)c2C)c([N+](=O)[O-])c1. The molecule has 2 aromatic heterocycles. The Kier molecular flexibility index (Phi) is 7.81. The monoisotopic (exact) mass is 586 g/mol. The molecule has 2 aromatic carbocycles. The number of carbonyl (C=O) groups excluding carboxylic acids is 1. The van der Waals surface area contributed by atoms with E-state index < -0.39 is 4.92 Å². The molecule has 3 heterocycles. The van der Waals surface area contributed by atoms with Crippen LogP contribution in [0.5, 0.6) is 11.5 Å². The molecule has 12 heteroatoms. The molecule has 0 aliphatic carbocycles. The summed E-state index contributed by atoms with van der Waals surface area (Å²) in [5.41, 5.74) is 4.87. The number of aromatic nitrogens is 2. The third-order valence-electron chi connectivity index (χ3n) is 7.28. The summed E-state index contributed by atoms with van der Waals surface area (Å²) < 4.78 is 12.6. The number of rotatable bonds is 8. The Morgan fingerprint density at radius 3 is 2.52 bits per heavy atom. The predicted octanol–water partition coefficient (Wildman–Crippen LogP) is 5.55. The molecule has 0 bridgehead atoms. The van der Waals surface area contributed by atoms with E-state index in [1.807, 2.05) is 59.7 Å². The Balaban J connectivity index is 1.70. The Morgan fingerprint density at radius 1 is 1.10 bits per heavy atom. The maximum atomic E-state index is 12.1. The van der Waals surface area contributed by atoms with Gasteiger partial charge in [-0.25, -0.2) is 0 Å². The summed E-state index contributed by atoms with van der Waals surface area (Å²) in [7, 11) is 3.01. The van der Waals surface area contributed by atoms with Crippen LogP contribution in [0, 0.1) is 24.0 Å². The van der Waals surface area contributed by atoms with Crippen molar-refractivity contribution in [3.8, 4) is 17.2 Å². The molecule has 2 N–H and O–H groups in total. The maximum Gasteiger partial charge on any atom is 0.296 e. The average molecular weight is 587 g/mol. The van der Waals surface area contributed by atoms with Crippen molar-refractivity contribution in [1.82, 2.24) is 14.9 Å². The number of nitro benzene ring substituents is 1. The number of thiocarbonyl (C=S) groups is 1. The first-order valence-corrected chi connectivity index (χ1v) is 13.5. The van der Waals surface area contributed by atoms with Crippen LogP contribution in [0.3, 0.4) is 0 Å². The van der Waals surface area contributed by atoms with Crippen LogP contribution >= 0.6 is 12.2 Å². The highest BCUT2D eigenvalue weighted by atomic mass is 32.1. The second-order valence-electron chi connectivity index (χ2n) is 9.84. The second-order valence-corrected chi connectivity index (χ2v) is 10.2. The molecule has 0 radical (unpaired) electrons. The number of hydrogen-bond donors (Lipinski definition) is 2. The lowest BCUT2D eigenvalue weighted by atomic mass is 9.96. The van der Waals surface area contributed by atoms with Crippen molar-refractivity contribution in [2.75, 3.05) is 24.4 Å². The minimum Gasteiger partial charge on any atom is -0.496 e. The van der Waals surface area contributed by atoms with E-state index in [0.717, 1.165) is 28.3 Å². The fourth-order valence-electron chi connectivity index (χ4n) is 5.51. The van der Waals surface area contributed by atoms with Gasteiger partial charge in [-0.05, 0) is 80.2 Å². The molecule has 1 fully saturated rings. The van der Waals surface area contributed by atoms with Gasteiger partial charge in [0, 0.05) is 30.2 Å². The number of nitrogens with one attached hydrogen (secondary N) is 2. The van der Waals surface area contributed by atoms with Gasteiger partial charge in [-0.3, -0.25) is 19.9 Å². The quantitative estimate of drug-likeness (QED) is 0.155. The highest BCUT2D eigenvalue weighted by Crippen LogP contribution is 2.45. The predicted molar refractivity (Wildman–Crippen MR) is 164 cm³/mol. The van der Waals surface area contributed by atoms with Crippen molar-refractivity contribution in [3.63, 3.8) is 0 Å². The van der Waals surface area contributed by atoms with Crippen LogP contribution in [-0.4, -0.2) is 39.7 Å². The number of anilines is 2. The molecule has 1 saturated heterocycles. The van der Waals surface area contributed by atoms with E-state index in [1.165, 1.54) is 27.2 Å². The number of ether oxygens (including phenoxy) is 2. The summed E-state index contributed by atoms with van der Waals surface area (Å²) >= 11 is 5.89. The maximum absolute atomic E-state index is 12.1. The zero-order valence-corrected chi connectivity index (χ0v) is 24.6. The molecule has 42 heavy (non-hydrogen) atoms. The van der Waals surface area contributed by atoms with E-state index in [4.69, 9.17) is 21.7 Å². The lowest BCUT2D eigenvalue weighted by molar-refractivity contribution is -0.384. The zero-order valence-electron chi connectivity index (χ0n) is 23.7. The minimum absolute atomic E-state index is 0.0731. The van der Waals surface area contributed by atoms with Crippen LogP contribution in [0.2, 0.25) is 0 Å². The van der Waals surface area contributed by atoms with Gasteiger partial charge in [0.15, 0.2) is 5.11 Å². The molecule has 0 spiro atoms. The van der Waals surface area contributed by atoms with Crippen molar-refractivity contribution in [1.29, 1.82) is 0 Å². The van der Waals surface area contributed by atoms with Crippen LogP contribution in [0.15, 0.2) is 66.9 Å². The van der Waals surface area contributed by atoms with Gasteiger partial charge in [0.1, 0.15) is 17.2 Å². The van der Waals surface area contributed by atoms with Crippen LogP contribution in [-0.2, 0) is 4.79 Å². The molecular weight excluding hydrogens is 556 g/mol. The molecule has 2 atom stereocenters. The Hall–Kier alpha value is -4.97. The summed E-state index contributed by atoms with van der Waals surface area (Å²) in [4.78, 5) is 30.2. The van der Waals surface area contributed by atoms with Crippen LogP contribution in [0.25, 0.3) is 5.69 Å². The van der Waals surface area contributed by atoms with E-state index in [2.05, 4.69) is 15.6 Å². The Bertz CT molecular complexity index is 1690. The molecule has 216 valence electrons. The third-order valence-corrected chi connectivity index (χ3v) is 7.59. The first-order valence-electron chi connectivity index (χ1n) is 13.1. The van der Waals surface area contributed by atoms with Gasteiger partial charge in [0.25, 0.3) is 5.69 Å². The largest absolute Gasteiger partial charge is 0.496 e. The Labute approximate surface area is 248 Å². The molecule has 0 unspecified atom stereocenters. The van der Waals surface area contributed by atoms with E-state index in [9.17, 15) is 14.9 Å². The highest BCUT2D eigenvalue weighted by Gasteiger charge is 2.42. The van der Waals surface area contributed by atoms with Crippen molar-refractivity contribution in [2.45, 2.75) is 32.9 Å². The van der Waals surface area contributed by atoms with Crippen LogP contribution < -0.4 is 25.0 Å². The first kappa shape index (κ1) is 28.6. The molecular formula is C30H30N6O5S. The summed E-state index contributed by atoms with van der Waals surface area (Å²) in [6, 6.07) is 17.3. The van der Waals surface area contributed by atoms with Crippen molar-refractivity contribution >= 4 is 40.3 Å². The molecule has 1 amide bonds. The van der Waals surface area contributed by atoms with Gasteiger partial charge in [-0.2, -0.15) is 0 Å². The van der Waals surface area contributed by atoms with E-state index >= 15 is 0 Å². The van der Waals surface area contributed by atoms with E-state index in [1.54, 1.807) is 24.4 Å². The third kappa shape index (κ3) is 5.12. The van der Waals surface area contributed by atoms with Gasteiger partial charge >= 0.3 is 0 Å². The lowest BCUT2D eigenvalue weighted by Crippen LogP contribution is -2.29. The van der Waals surface area contributed by atoms with Crippen LogP contribution in [0.4, 0.5) is 17.1 Å². The fraction of sp³-hybridized carbons (Fsp3) is 0.233. The smallest absolute Gasteiger partial charge is 0.296 e. The van der Waals surface area contributed by atoms with E-state index in [0.29, 0.717) is 28.0 Å². The van der Waals surface area contributed by atoms with Gasteiger partial charge in [-0.1, -0.05) is 6.07 Å². The number of amides is 1. The fourth-order valence-corrected chi connectivity index (χ4v) is 5.85. The number of nitro groups is 1. The molecule has 1 aliphatic rings. The highest BCUT2D eigenvalue weighted by molar-refractivity contribution is 7.80. The average Bonchev–Trinajstić information content (AvgIpc) is 3.47. The normalized spacial score (nSPS) is 16.2. The molecule has 0 saturated carbocycles. The van der Waals surface area contributed by atoms with Crippen molar-refractivity contribution in [2.24, 2.45) is 0 Å². The van der Waals surface area contributed by atoms with Gasteiger partial charge in [0.05, 0.1) is 48.7 Å². The number of aryl methyl sites for hydroxylation is 1. The minimum atomic E-state index is -0.410. The van der Waals surface area contributed by atoms with Gasteiger partial charge in [-0.15, -0.1) is 0 Å². The van der Waals surface area contributed by atoms with E-state index in [-0.39, 0.29) is 23.7 Å². The standard InChI is InChI=1S/C30H30N6O5S/c1-17-14-22(18(2)34(17)25-11-10-21(40-4)16-26(25)36(38)39)29-28(23-8-6-7-13-31-23)33-30(42)35(29)20-9-12-27(41-5)24(15-20)32-19(3)37/h6-16,28-29H,1-5H3,(H,32,37)(H,33,42)/t28-,29+/m0/s1. The number of nitrogens with zero attached hydrogens (tertiary/aromatic N) is 4. The molecule has 1 aliphatic heterocycles. The number of benzene rings is 2. The molecule has 11 nitrogen and oxygen atoms in total. The van der Waals surface area contributed by atoms with Gasteiger partial charge < -0.3 is 29.6 Å². The second kappa shape index (κ2) is 11.5. The summed E-state index contributed by atoms with van der Waals surface area (Å²) in [5.74, 6) is 0.671. The summed E-state index contributed by atoms with van der Waals surface area (Å²) in [6.07, 6.45) is 1.73. The van der Waals surface area contributed by atoms with Crippen molar-refractivity contribution < 1.29 is 19.2 Å². The molecule has 4 aromatic rings. The molecule has 5 rings (SSSR count). The number of pyridine rings is 1. The van der Waals surface area contributed by atoms with Gasteiger partial charge in [0.2, 0.25) is 5.91 Å². The Morgan fingerprint density at radius 2 is 1.88 bits per heavy atom. The van der Waals surface area contributed by atoms with Crippen LogP contribution in [0.1, 0.15) is 41.7 Å².